The third-order valence-corrected chi connectivity index (χ3v) is 3.25. The number of carbonyl (C=O) groups is 1. The molecular weight excluding hydrogens is 335 g/mol. The number of rotatable bonds is 3. The van der Waals surface area contributed by atoms with Gasteiger partial charge in [-0.1, -0.05) is 0 Å². The molecule has 0 atom stereocenters. The Hall–Kier alpha value is -3.07. The number of nitrogens with one attached hydrogen (secondary N) is 3. The molecule has 2 rings (SSSR count). The molecule has 1 amide bonds. The first-order valence-electron chi connectivity index (χ1n) is 6.75. The Bertz CT molecular complexity index is 796. The number of nitro benzene ring substituents is 1. The summed E-state index contributed by atoms with van der Waals surface area (Å²) in [4.78, 5) is 22.2. The van der Waals surface area contributed by atoms with Gasteiger partial charge in [-0.05, 0) is 55.5 Å². The summed E-state index contributed by atoms with van der Waals surface area (Å²) in [5.74, 6) is -0.877. The second kappa shape index (κ2) is 7.47. The van der Waals surface area contributed by atoms with E-state index in [4.69, 9.17) is 12.2 Å². The van der Waals surface area contributed by atoms with Crippen LogP contribution in [0.15, 0.2) is 42.5 Å². The number of halogens is 1. The maximum atomic E-state index is 12.8. The van der Waals surface area contributed by atoms with Gasteiger partial charge in [-0.3, -0.25) is 25.8 Å². The summed E-state index contributed by atoms with van der Waals surface area (Å²) < 4.78 is 12.8. The molecule has 0 aliphatic rings. The molecule has 9 heteroatoms. The van der Waals surface area contributed by atoms with E-state index >= 15 is 0 Å². The number of anilines is 1. The first kappa shape index (κ1) is 17.3. The zero-order valence-corrected chi connectivity index (χ0v) is 13.3. The number of thiocarbonyl (C=S) groups is 1. The molecule has 3 N–H and O–H groups in total. The van der Waals surface area contributed by atoms with Crippen LogP contribution in [0.1, 0.15) is 15.9 Å². The van der Waals surface area contributed by atoms with Crippen LogP contribution in [0.5, 0.6) is 0 Å². The summed E-state index contributed by atoms with van der Waals surface area (Å²) in [7, 11) is 0. The zero-order chi connectivity index (χ0) is 17.7. The van der Waals surface area contributed by atoms with Gasteiger partial charge in [-0.15, -0.1) is 0 Å². The van der Waals surface area contributed by atoms with Crippen LogP contribution in [0.3, 0.4) is 0 Å². The first-order valence-corrected chi connectivity index (χ1v) is 7.15. The molecule has 24 heavy (non-hydrogen) atoms. The molecule has 2 aromatic rings. The molecule has 0 aromatic heterocycles. The maximum Gasteiger partial charge on any atom is 0.272 e. The zero-order valence-electron chi connectivity index (χ0n) is 12.5. The van der Waals surface area contributed by atoms with Gasteiger partial charge in [-0.25, -0.2) is 4.39 Å². The van der Waals surface area contributed by atoms with E-state index in [1.54, 1.807) is 6.92 Å². The summed E-state index contributed by atoms with van der Waals surface area (Å²) in [6, 6.07) is 9.53. The Morgan fingerprint density at radius 2 is 1.83 bits per heavy atom. The minimum absolute atomic E-state index is 0.0620. The minimum atomic E-state index is -0.517. The second-order valence-electron chi connectivity index (χ2n) is 4.80. The number of amides is 1. The Morgan fingerprint density at radius 3 is 2.42 bits per heavy atom. The summed E-state index contributed by atoms with van der Waals surface area (Å²) >= 11 is 5.00. The molecule has 0 spiro atoms. The van der Waals surface area contributed by atoms with Gasteiger partial charge in [-0.2, -0.15) is 0 Å². The van der Waals surface area contributed by atoms with E-state index < -0.39 is 10.8 Å². The molecule has 0 bridgehead atoms. The topological polar surface area (TPSA) is 96.3 Å². The molecular formula is C15H13FN4O3S. The molecule has 0 aliphatic carbocycles. The Labute approximate surface area is 142 Å². The molecule has 0 saturated carbocycles. The molecule has 124 valence electrons. The van der Waals surface area contributed by atoms with Gasteiger partial charge in [0.25, 0.3) is 11.6 Å². The number of nitrogens with zero attached hydrogens (tertiary/aromatic N) is 1. The van der Waals surface area contributed by atoms with Crippen LogP contribution >= 0.6 is 12.2 Å². The SMILES string of the molecule is Cc1cc(C(=O)NNC(=S)Nc2ccc(F)cc2)ccc1[N+](=O)[O-]. The first-order chi connectivity index (χ1) is 11.4. The third kappa shape index (κ3) is 4.46. The van der Waals surface area contributed by atoms with Crippen LogP contribution < -0.4 is 16.2 Å². The normalized spacial score (nSPS) is 9.92. The van der Waals surface area contributed by atoms with Gasteiger partial charge in [0, 0.05) is 22.9 Å². The van der Waals surface area contributed by atoms with E-state index in [1.165, 1.54) is 42.5 Å². The van der Waals surface area contributed by atoms with Gasteiger partial charge in [0.2, 0.25) is 0 Å². The van der Waals surface area contributed by atoms with Gasteiger partial charge in [0.05, 0.1) is 4.92 Å². The van der Waals surface area contributed by atoms with Crippen LogP contribution in [0.4, 0.5) is 15.8 Å². The van der Waals surface area contributed by atoms with E-state index in [1.807, 2.05) is 0 Å². The summed E-state index contributed by atoms with van der Waals surface area (Å²) in [5, 5.41) is 13.6. The molecule has 0 fully saturated rings. The summed E-state index contributed by atoms with van der Waals surface area (Å²) in [6.07, 6.45) is 0. The molecule has 0 saturated heterocycles. The lowest BCUT2D eigenvalue weighted by molar-refractivity contribution is -0.385. The van der Waals surface area contributed by atoms with Gasteiger partial charge in [0.15, 0.2) is 5.11 Å². The number of benzene rings is 2. The number of hydrogen-bond acceptors (Lipinski definition) is 4. The third-order valence-electron chi connectivity index (χ3n) is 3.05. The van der Waals surface area contributed by atoms with Crippen molar-refractivity contribution >= 4 is 34.6 Å². The smallest absolute Gasteiger partial charge is 0.272 e. The number of nitro groups is 1. The van der Waals surface area contributed by atoms with Crippen molar-refractivity contribution in [3.05, 3.63) is 69.5 Å². The fourth-order valence-electron chi connectivity index (χ4n) is 1.88. The maximum absolute atomic E-state index is 12.8. The summed E-state index contributed by atoms with van der Waals surface area (Å²) in [6.45, 7) is 1.54. The van der Waals surface area contributed by atoms with Crippen molar-refractivity contribution in [3.8, 4) is 0 Å². The lowest BCUT2D eigenvalue weighted by atomic mass is 10.1. The lowest BCUT2D eigenvalue weighted by Crippen LogP contribution is -2.43. The van der Waals surface area contributed by atoms with E-state index in [0.29, 0.717) is 11.3 Å². The van der Waals surface area contributed by atoms with Gasteiger partial charge < -0.3 is 5.32 Å². The van der Waals surface area contributed by atoms with Gasteiger partial charge >= 0.3 is 0 Å². The average molecular weight is 348 g/mol. The van der Waals surface area contributed by atoms with E-state index in [9.17, 15) is 19.3 Å². The highest BCUT2D eigenvalue weighted by atomic mass is 32.1. The Kier molecular flexibility index (Phi) is 5.38. The fourth-order valence-corrected chi connectivity index (χ4v) is 2.05. The quantitative estimate of drug-likeness (QED) is 0.448. The predicted molar refractivity (Wildman–Crippen MR) is 91.1 cm³/mol. The number of hydrazine groups is 1. The standard InChI is InChI=1S/C15H13FN4O3S/c1-9-8-10(2-7-13(9)20(22)23)14(21)18-19-15(24)17-12-5-3-11(16)4-6-12/h2-8H,1H3,(H,18,21)(H2,17,19,24). The molecule has 0 aliphatic heterocycles. The van der Waals surface area contributed by atoms with Crippen molar-refractivity contribution in [3.63, 3.8) is 0 Å². The van der Waals surface area contributed by atoms with E-state index in [2.05, 4.69) is 16.2 Å². The highest BCUT2D eigenvalue weighted by Crippen LogP contribution is 2.18. The number of aryl methyl sites for hydroxylation is 1. The summed E-state index contributed by atoms with van der Waals surface area (Å²) in [5.41, 5.74) is 5.97. The monoisotopic (exact) mass is 348 g/mol. The Morgan fingerprint density at radius 1 is 1.17 bits per heavy atom. The van der Waals surface area contributed by atoms with Gasteiger partial charge in [0.1, 0.15) is 5.82 Å². The van der Waals surface area contributed by atoms with Crippen molar-refractivity contribution in [2.45, 2.75) is 6.92 Å². The van der Waals surface area contributed by atoms with Crippen LogP contribution in [0.25, 0.3) is 0 Å². The average Bonchev–Trinajstić information content (AvgIpc) is 2.54. The molecule has 0 unspecified atom stereocenters. The van der Waals surface area contributed by atoms with E-state index in [0.717, 1.165) is 0 Å². The highest BCUT2D eigenvalue weighted by Gasteiger charge is 2.13. The predicted octanol–water partition coefficient (Wildman–Crippen LogP) is 2.67. The highest BCUT2D eigenvalue weighted by molar-refractivity contribution is 7.80. The van der Waals surface area contributed by atoms with Crippen LogP contribution in [0.2, 0.25) is 0 Å². The fraction of sp³-hybridized carbons (Fsp3) is 0.0667. The molecule has 7 nitrogen and oxygen atoms in total. The minimum Gasteiger partial charge on any atom is -0.331 e. The molecule has 0 heterocycles. The Balaban J connectivity index is 1.92. The van der Waals surface area contributed by atoms with Crippen LogP contribution in [-0.2, 0) is 0 Å². The second-order valence-corrected chi connectivity index (χ2v) is 5.21. The van der Waals surface area contributed by atoms with E-state index in [-0.39, 0.29) is 22.2 Å². The largest absolute Gasteiger partial charge is 0.331 e. The van der Waals surface area contributed by atoms with Crippen molar-refractivity contribution in [1.29, 1.82) is 0 Å². The number of hydrogen-bond donors (Lipinski definition) is 3. The van der Waals surface area contributed by atoms with Crippen molar-refractivity contribution < 1.29 is 14.1 Å². The van der Waals surface area contributed by atoms with Crippen LogP contribution in [0, 0.1) is 22.9 Å². The lowest BCUT2D eigenvalue weighted by Gasteiger charge is -2.11. The molecule has 2 aromatic carbocycles. The molecule has 0 radical (unpaired) electrons. The van der Waals surface area contributed by atoms with Crippen LogP contribution in [-0.4, -0.2) is 15.9 Å². The van der Waals surface area contributed by atoms with Crippen molar-refractivity contribution in [2.75, 3.05) is 5.32 Å². The van der Waals surface area contributed by atoms with Crippen molar-refractivity contribution in [1.82, 2.24) is 10.9 Å². The van der Waals surface area contributed by atoms with Crippen molar-refractivity contribution in [2.24, 2.45) is 0 Å². The number of carbonyl (C=O) groups excluding carboxylic acids is 1.